The summed E-state index contributed by atoms with van der Waals surface area (Å²) in [7, 11) is 1.73. The molecule has 0 atom stereocenters. The van der Waals surface area contributed by atoms with Crippen LogP contribution < -0.4 is 5.56 Å². The van der Waals surface area contributed by atoms with Crippen molar-refractivity contribution in [2.45, 2.75) is 12.1 Å². The average molecular weight is 266 g/mol. The Balaban J connectivity index is 2.55. The summed E-state index contributed by atoms with van der Waals surface area (Å²) in [6.45, 7) is 2.07. The first kappa shape index (κ1) is 10.8. The quantitative estimate of drug-likeness (QED) is 0.663. The lowest BCUT2D eigenvalue weighted by molar-refractivity contribution is 0.856. The Morgan fingerprint density at radius 3 is 3.06 bits per heavy atom. The SMILES string of the molecule is CCSc1nnc2n(C)c(=O)c3sccc3n12. The second kappa shape index (κ2) is 3.85. The van der Waals surface area contributed by atoms with Crippen molar-refractivity contribution >= 4 is 39.1 Å². The number of aryl methyl sites for hydroxylation is 1. The third kappa shape index (κ3) is 1.42. The number of fused-ring (bicyclic) bond motifs is 3. The van der Waals surface area contributed by atoms with Crippen molar-refractivity contribution in [3.05, 3.63) is 21.8 Å². The van der Waals surface area contributed by atoms with Gasteiger partial charge in [0, 0.05) is 7.05 Å². The Morgan fingerprint density at radius 1 is 1.47 bits per heavy atom. The summed E-state index contributed by atoms with van der Waals surface area (Å²) < 4.78 is 4.24. The summed E-state index contributed by atoms with van der Waals surface area (Å²) in [4.78, 5) is 12.1. The Kier molecular flexibility index (Phi) is 2.44. The van der Waals surface area contributed by atoms with E-state index in [0.717, 1.165) is 21.1 Å². The molecule has 0 aliphatic heterocycles. The molecule has 3 aromatic rings. The minimum Gasteiger partial charge on any atom is -0.279 e. The Morgan fingerprint density at radius 2 is 2.29 bits per heavy atom. The molecule has 0 aromatic carbocycles. The lowest BCUT2D eigenvalue weighted by atomic mass is 10.4. The highest BCUT2D eigenvalue weighted by atomic mass is 32.2. The predicted octanol–water partition coefficient (Wildman–Crippen LogP) is 1.75. The third-order valence-corrected chi connectivity index (χ3v) is 4.28. The van der Waals surface area contributed by atoms with E-state index in [2.05, 4.69) is 17.1 Å². The van der Waals surface area contributed by atoms with Crippen LogP contribution in [0.25, 0.3) is 16.0 Å². The average Bonchev–Trinajstić information content (AvgIpc) is 2.92. The largest absolute Gasteiger partial charge is 0.279 e. The number of aromatic nitrogens is 4. The highest BCUT2D eigenvalue weighted by Gasteiger charge is 2.14. The zero-order valence-electron chi connectivity index (χ0n) is 9.38. The van der Waals surface area contributed by atoms with Gasteiger partial charge in [-0.1, -0.05) is 18.7 Å². The van der Waals surface area contributed by atoms with E-state index in [1.165, 1.54) is 11.3 Å². The lowest BCUT2D eigenvalue weighted by Crippen LogP contribution is -2.18. The molecule has 0 aliphatic carbocycles. The van der Waals surface area contributed by atoms with Gasteiger partial charge in [0.1, 0.15) is 4.70 Å². The van der Waals surface area contributed by atoms with E-state index < -0.39 is 0 Å². The van der Waals surface area contributed by atoms with Crippen molar-refractivity contribution in [1.82, 2.24) is 19.2 Å². The zero-order valence-corrected chi connectivity index (χ0v) is 11.0. The molecule has 0 amide bonds. The number of hydrogen-bond donors (Lipinski definition) is 0. The maximum absolute atomic E-state index is 12.1. The molecule has 3 rings (SSSR count). The molecule has 17 heavy (non-hydrogen) atoms. The first-order chi connectivity index (χ1) is 8.24. The Labute approximate surface area is 105 Å². The van der Waals surface area contributed by atoms with Crippen molar-refractivity contribution in [2.24, 2.45) is 7.05 Å². The highest BCUT2D eigenvalue weighted by Crippen LogP contribution is 2.23. The highest BCUT2D eigenvalue weighted by molar-refractivity contribution is 7.99. The van der Waals surface area contributed by atoms with Crippen LogP contribution in [0.5, 0.6) is 0 Å². The van der Waals surface area contributed by atoms with E-state index in [9.17, 15) is 4.79 Å². The molecule has 0 saturated heterocycles. The molecular formula is C10H10N4OS2. The molecule has 0 fully saturated rings. The molecule has 0 N–H and O–H groups in total. The Bertz CT molecular complexity index is 755. The van der Waals surface area contributed by atoms with Crippen molar-refractivity contribution in [3.8, 4) is 0 Å². The van der Waals surface area contributed by atoms with E-state index in [4.69, 9.17) is 0 Å². The fraction of sp³-hybridized carbons (Fsp3) is 0.300. The van der Waals surface area contributed by atoms with E-state index in [1.807, 2.05) is 15.8 Å². The summed E-state index contributed by atoms with van der Waals surface area (Å²) >= 11 is 3.08. The monoisotopic (exact) mass is 266 g/mol. The van der Waals surface area contributed by atoms with Gasteiger partial charge in [0.2, 0.25) is 5.78 Å². The van der Waals surface area contributed by atoms with Crippen LogP contribution in [-0.2, 0) is 7.05 Å². The molecule has 0 spiro atoms. The first-order valence-corrected chi connectivity index (χ1v) is 7.04. The van der Waals surface area contributed by atoms with Crippen molar-refractivity contribution in [1.29, 1.82) is 0 Å². The lowest BCUT2D eigenvalue weighted by Gasteiger charge is -2.03. The summed E-state index contributed by atoms with van der Waals surface area (Å²) in [6, 6.07) is 1.94. The van der Waals surface area contributed by atoms with Gasteiger partial charge < -0.3 is 0 Å². The second-order valence-corrected chi connectivity index (χ2v) is 5.70. The van der Waals surface area contributed by atoms with Crippen LogP contribution in [0, 0.1) is 0 Å². The van der Waals surface area contributed by atoms with Gasteiger partial charge in [-0.15, -0.1) is 21.5 Å². The standard InChI is InChI=1S/C10H10N4OS2/c1-3-16-10-12-11-9-13(2)8(15)7-6(14(9)10)4-5-17-7/h4-5H,3H2,1-2H3. The van der Waals surface area contributed by atoms with Gasteiger partial charge in [-0.3, -0.25) is 13.8 Å². The van der Waals surface area contributed by atoms with Crippen molar-refractivity contribution in [3.63, 3.8) is 0 Å². The molecule has 0 bridgehead atoms. The summed E-state index contributed by atoms with van der Waals surface area (Å²) in [5.41, 5.74) is 0.886. The molecule has 5 nitrogen and oxygen atoms in total. The van der Waals surface area contributed by atoms with Crippen LogP contribution in [0.2, 0.25) is 0 Å². The number of thioether (sulfide) groups is 1. The summed E-state index contributed by atoms with van der Waals surface area (Å²) in [5.74, 6) is 1.52. The normalized spacial score (nSPS) is 11.6. The van der Waals surface area contributed by atoms with Crippen molar-refractivity contribution in [2.75, 3.05) is 5.75 Å². The minimum atomic E-state index is -0.0112. The first-order valence-electron chi connectivity index (χ1n) is 5.18. The van der Waals surface area contributed by atoms with Gasteiger partial charge in [0.05, 0.1) is 5.52 Å². The van der Waals surface area contributed by atoms with Gasteiger partial charge in [0.15, 0.2) is 5.16 Å². The smallest absolute Gasteiger partial charge is 0.272 e. The van der Waals surface area contributed by atoms with Crippen molar-refractivity contribution < 1.29 is 0 Å². The van der Waals surface area contributed by atoms with E-state index in [0.29, 0.717) is 5.78 Å². The van der Waals surface area contributed by atoms with Gasteiger partial charge in [-0.25, -0.2) is 0 Å². The molecule has 0 saturated carbocycles. The zero-order chi connectivity index (χ0) is 12.0. The van der Waals surface area contributed by atoms with Crippen LogP contribution in [0.3, 0.4) is 0 Å². The van der Waals surface area contributed by atoms with E-state index >= 15 is 0 Å². The topological polar surface area (TPSA) is 52.2 Å². The molecular weight excluding hydrogens is 256 g/mol. The molecule has 0 unspecified atom stereocenters. The molecule has 0 radical (unpaired) electrons. The summed E-state index contributed by atoms with van der Waals surface area (Å²) in [6.07, 6.45) is 0. The molecule has 3 heterocycles. The second-order valence-electron chi connectivity index (χ2n) is 3.55. The van der Waals surface area contributed by atoms with Crippen LogP contribution in [0.1, 0.15) is 6.92 Å². The van der Waals surface area contributed by atoms with Crippen LogP contribution >= 0.6 is 23.1 Å². The predicted molar refractivity (Wildman–Crippen MR) is 70.0 cm³/mol. The van der Waals surface area contributed by atoms with Crippen LogP contribution in [0.15, 0.2) is 21.4 Å². The van der Waals surface area contributed by atoms with Gasteiger partial charge in [-0.2, -0.15) is 0 Å². The molecule has 88 valence electrons. The van der Waals surface area contributed by atoms with E-state index in [1.54, 1.807) is 23.4 Å². The molecule has 0 aliphatic rings. The fourth-order valence-corrected chi connectivity index (χ4v) is 3.31. The summed E-state index contributed by atoms with van der Waals surface area (Å²) in [5, 5.41) is 11.0. The number of thiophene rings is 1. The van der Waals surface area contributed by atoms with E-state index in [-0.39, 0.29) is 5.56 Å². The Hall–Kier alpha value is -1.34. The number of nitrogens with zero attached hydrogens (tertiary/aromatic N) is 4. The fourth-order valence-electron chi connectivity index (χ4n) is 1.79. The molecule has 3 aromatic heterocycles. The van der Waals surface area contributed by atoms with Gasteiger partial charge in [0.25, 0.3) is 5.56 Å². The van der Waals surface area contributed by atoms with Crippen LogP contribution in [-0.4, -0.2) is 24.9 Å². The number of rotatable bonds is 2. The van der Waals surface area contributed by atoms with Gasteiger partial charge in [-0.05, 0) is 17.2 Å². The maximum Gasteiger partial charge on any atom is 0.272 e. The maximum atomic E-state index is 12.1. The van der Waals surface area contributed by atoms with Gasteiger partial charge >= 0.3 is 0 Å². The van der Waals surface area contributed by atoms with Crippen LogP contribution in [0.4, 0.5) is 0 Å². The number of hydrogen-bond acceptors (Lipinski definition) is 5. The third-order valence-electron chi connectivity index (χ3n) is 2.57. The molecule has 7 heteroatoms. The minimum absolute atomic E-state index is 0.0112.